The number of hydrogen-bond donors (Lipinski definition) is 0. The van der Waals surface area contributed by atoms with Crippen LogP contribution in [0.2, 0.25) is 0 Å². The average molecular weight is 153 g/mol. The molecule has 0 atom stereocenters. The fourth-order valence-electron chi connectivity index (χ4n) is 0.785. The van der Waals surface area contributed by atoms with Crippen LogP contribution in [0.5, 0.6) is 5.75 Å². The molecule has 1 nitrogen and oxygen atoms in total. The highest BCUT2D eigenvalue weighted by Crippen LogP contribution is 2.28. The summed E-state index contributed by atoms with van der Waals surface area (Å²) in [7, 11) is 1.65. The van der Waals surface area contributed by atoms with Gasteiger partial charge in [-0.25, -0.2) is 0 Å². The third-order valence-corrected chi connectivity index (χ3v) is 2.22. The fraction of sp³-hybridized carbons (Fsp3) is 0.250. The lowest BCUT2D eigenvalue weighted by Gasteiger charge is -1.93. The summed E-state index contributed by atoms with van der Waals surface area (Å²) in [6.07, 6.45) is 1.57. The molecule has 0 aliphatic carbocycles. The molecule has 1 rings (SSSR count). The van der Waals surface area contributed by atoms with Gasteiger partial charge in [-0.3, -0.25) is 0 Å². The summed E-state index contributed by atoms with van der Waals surface area (Å²) < 4.78 is 5.06. The Labute approximate surface area is 65.0 Å². The lowest BCUT2D eigenvalue weighted by atomic mass is 10.4. The maximum Gasteiger partial charge on any atom is 0.137 e. The smallest absolute Gasteiger partial charge is 0.137 e. The van der Waals surface area contributed by atoms with Crippen LogP contribution in [0, 0.1) is 13.5 Å². The zero-order valence-corrected chi connectivity index (χ0v) is 6.87. The zero-order chi connectivity index (χ0) is 7.56. The third kappa shape index (κ3) is 1.21. The van der Waals surface area contributed by atoms with Crippen molar-refractivity contribution < 1.29 is 4.74 Å². The van der Waals surface area contributed by atoms with E-state index in [1.165, 1.54) is 4.88 Å². The van der Waals surface area contributed by atoms with Crippen molar-refractivity contribution in [2.24, 2.45) is 0 Å². The van der Waals surface area contributed by atoms with E-state index in [4.69, 9.17) is 11.3 Å². The van der Waals surface area contributed by atoms with Crippen LogP contribution in [0.1, 0.15) is 9.75 Å². The van der Waals surface area contributed by atoms with Gasteiger partial charge in [-0.2, -0.15) is 0 Å². The average Bonchev–Trinajstić information content (AvgIpc) is 2.30. The fourth-order valence-corrected chi connectivity index (χ4v) is 1.61. The van der Waals surface area contributed by atoms with Crippen molar-refractivity contribution in [1.82, 2.24) is 0 Å². The maximum absolute atomic E-state index is 5.34. The van der Waals surface area contributed by atoms with Gasteiger partial charge in [0.1, 0.15) is 5.75 Å². The molecule has 0 N–H and O–H groups in total. The lowest BCUT2D eigenvalue weighted by molar-refractivity contribution is 0.416. The molecule has 53 valence electrons. The predicted octanol–water partition coefficient (Wildman–Crippen LogP) is 2.51. The molecule has 0 spiro atoms. The minimum Gasteiger partial charge on any atom is -0.495 e. The number of thiophene rings is 1. The second-order valence-electron chi connectivity index (χ2n) is 1.96. The Morgan fingerprint density at radius 1 is 1.70 bits per heavy atom. The molecule has 0 saturated carbocycles. The molecule has 1 aromatic heterocycles. The number of hydrogen-bond acceptors (Lipinski definition) is 2. The van der Waals surface area contributed by atoms with Gasteiger partial charge in [0.15, 0.2) is 0 Å². The van der Waals surface area contributed by atoms with Crippen LogP contribution in [0.3, 0.4) is 0 Å². The van der Waals surface area contributed by atoms with Crippen LogP contribution < -0.4 is 4.74 Å². The molecular formula is C8H9OS. The van der Waals surface area contributed by atoms with E-state index in [0.717, 1.165) is 10.6 Å². The Kier molecular flexibility index (Phi) is 2.12. The normalized spacial score (nSPS) is 9.40. The highest BCUT2D eigenvalue weighted by Gasteiger charge is 2.01. The highest BCUT2D eigenvalue weighted by molar-refractivity contribution is 7.13. The van der Waals surface area contributed by atoms with Crippen molar-refractivity contribution in [3.8, 4) is 5.75 Å². The van der Waals surface area contributed by atoms with E-state index >= 15 is 0 Å². The van der Waals surface area contributed by atoms with Crippen molar-refractivity contribution >= 4 is 17.4 Å². The van der Waals surface area contributed by atoms with Crippen LogP contribution in [0.4, 0.5) is 0 Å². The molecule has 0 fully saturated rings. The van der Waals surface area contributed by atoms with Crippen molar-refractivity contribution in [3.05, 3.63) is 22.4 Å². The largest absolute Gasteiger partial charge is 0.495 e. The van der Waals surface area contributed by atoms with Gasteiger partial charge >= 0.3 is 0 Å². The van der Waals surface area contributed by atoms with Crippen molar-refractivity contribution in [3.63, 3.8) is 0 Å². The third-order valence-electron chi connectivity index (χ3n) is 1.22. The minimum absolute atomic E-state index is 0.866. The molecular weight excluding hydrogens is 144 g/mol. The second kappa shape index (κ2) is 2.88. The van der Waals surface area contributed by atoms with Crippen LogP contribution in [0.15, 0.2) is 6.07 Å². The molecule has 0 amide bonds. The van der Waals surface area contributed by atoms with E-state index in [-0.39, 0.29) is 0 Å². The minimum atomic E-state index is 0.866. The summed E-state index contributed by atoms with van der Waals surface area (Å²) in [6.45, 7) is 7.37. The van der Waals surface area contributed by atoms with Crippen molar-refractivity contribution in [1.29, 1.82) is 0 Å². The molecule has 0 saturated heterocycles. The number of methoxy groups -OCH3 is 1. The zero-order valence-electron chi connectivity index (χ0n) is 6.05. The number of ether oxygens (including phenoxy) is 1. The standard InChI is InChI=1S/C8H9OS/c1-4-8-7(9-3)5-6(2)10-8/h1,4-5H,2-3H3. The summed E-state index contributed by atoms with van der Waals surface area (Å²) in [6, 6.07) is 1.98. The molecule has 1 heterocycles. The molecule has 1 radical (unpaired) electrons. The van der Waals surface area contributed by atoms with Gasteiger partial charge in [-0.15, -0.1) is 11.3 Å². The first-order valence-corrected chi connectivity index (χ1v) is 3.79. The highest BCUT2D eigenvalue weighted by atomic mass is 32.1. The van der Waals surface area contributed by atoms with Crippen LogP contribution >= 0.6 is 11.3 Å². The molecule has 0 aliphatic rings. The van der Waals surface area contributed by atoms with E-state index in [1.807, 2.05) is 13.0 Å². The quantitative estimate of drug-likeness (QED) is 0.634. The lowest BCUT2D eigenvalue weighted by Crippen LogP contribution is -1.79. The summed E-state index contributed by atoms with van der Waals surface area (Å²) >= 11 is 1.63. The topological polar surface area (TPSA) is 9.23 Å². The molecule has 0 bridgehead atoms. The molecule has 0 aromatic carbocycles. The van der Waals surface area contributed by atoms with E-state index in [9.17, 15) is 0 Å². The van der Waals surface area contributed by atoms with Gasteiger partial charge in [0.05, 0.1) is 12.0 Å². The first-order chi connectivity index (χ1) is 4.77. The summed E-state index contributed by atoms with van der Waals surface area (Å²) in [4.78, 5) is 2.22. The first kappa shape index (κ1) is 7.35. The van der Waals surface area contributed by atoms with Crippen molar-refractivity contribution in [2.45, 2.75) is 6.92 Å². The Morgan fingerprint density at radius 3 is 2.80 bits per heavy atom. The molecule has 1 aromatic rings. The van der Waals surface area contributed by atoms with E-state index in [0.29, 0.717) is 0 Å². The summed E-state index contributed by atoms with van der Waals surface area (Å²) in [5.41, 5.74) is 0. The number of aryl methyl sites for hydroxylation is 1. The van der Waals surface area contributed by atoms with Gasteiger partial charge in [-0.05, 0) is 19.1 Å². The number of rotatable bonds is 2. The van der Waals surface area contributed by atoms with Crippen molar-refractivity contribution in [2.75, 3.05) is 7.11 Å². The summed E-state index contributed by atoms with van der Waals surface area (Å²) in [5, 5.41) is 0. The van der Waals surface area contributed by atoms with Crippen LogP contribution in [-0.2, 0) is 0 Å². The molecule has 0 unspecified atom stereocenters. The Balaban J connectivity index is 3.08. The van der Waals surface area contributed by atoms with Gasteiger partial charge in [0, 0.05) is 4.88 Å². The maximum atomic E-state index is 5.34. The second-order valence-corrected chi connectivity index (χ2v) is 3.24. The van der Waals surface area contributed by atoms with Gasteiger partial charge in [0.2, 0.25) is 0 Å². The Hall–Kier alpha value is -0.760. The molecule has 2 heteroatoms. The molecule has 0 aliphatic heterocycles. The van der Waals surface area contributed by atoms with Gasteiger partial charge in [-0.1, -0.05) is 6.58 Å². The first-order valence-electron chi connectivity index (χ1n) is 2.97. The SMILES string of the molecule is [CH]=Cc1sc(C)cc1OC. The van der Waals surface area contributed by atoms with Gasteiger partial charge in [0.25, 0.3) is 0 Å². The molecule has 10 heavy (non-hydrogen) atoms. The summed E-state index contributed by atoms with van der Waals surface area (Å²) in [5.74, 6) is 0.866. The predicted molar refractivity (Wildman–Crippen MR) is 44.4 cm³/mol. The van der Waals surface area contributed by atoms with E-state index < -0.39 is 0 Å². The Bertz CT molecular complexity index is 237. The van der Waals surface area contributed by atoms with E-state index in [2.05, 4.69) is 0 Å². The Morgan fingerprint density at radius 2 is 2.40 bits per heavy atom. The van der Waals surface area contributed by atoms with E-state index in [1.54, 1.807) is 24.5 Å². The van der Waals surface area contributed by atoms with Crippen LogP contribution in [-0.4, -0.2) is 7.11 Å². The van der Waals surface area contributed by atoms with Crippen LogP contribution in [0.25, 0.3) is 6.08 Å². The van der Waals surface area contributed by atoms with Gasteiger partial charge < -0.3 is 4.74 Å². The monoisotopic (exact) mass is 153 g/mol.